The van der Waals surface area contributed by atoms with Crippen LogP contribution in [0.3, 0.4) is 0 Å². The smallest absolute Gasteiger partial charge is 0.311 e. The van der Waals surface area contributed by atoms with Crippen molar-refractivity contribution < 1.29 is 23.9 Å². The molecule has 1 aliphatic heterocycles. The number of imide groups is 1. The zero-order chi connectivity index (χ0) is 31.0. The minimum atomic E-state index is -0.351. The van der Waals surface area contributed by atoms with Gasteiger partial charge in [0.15, 0.2) is 5.78 Å². The van der Waals surface area contributed by atoms with Crippen molar-refractivity contribution >= 4 is 35.2 Å². The predicted molar refractivity (Wildman–Crippen MR) is 174 cm³/mol. The normalized spacial score (nSPS) is 12.8. The number of allylic oxidation sites excluding steroid dienone is 1. The first-order valence-corrected chi connectivity index (χ1v) is 15.7. The van der Waals surface area contributed by atoms with Gasteiger partial charge in [-0.2, -0.15) is 0 Å². The third-order valence-electron chi connectivity index (χ3n) is 7.72. The lowest BCUT2D eigenvalue weighted by Crippen LogP contribution is -2.21. The molecule has 6 nitrogen and oxygen atoms in total. The van der Waals surface area contributed by atoms with Gasteiger partial charge in [0.1, 0.15) is 5.75 Å². The van der Waals surface area contributed by atoms with Crippen LogP contribution in [0.15, 0.2) is 91.0 Å². The standard InChI is InChI=1S/C38H41NO5/c40-35(32-15-11-9-12-16-32)27-22-30-20-25-33(26-21-30)44-37(42)17-13-8-6-4-2-1-3-5-7-10-14-29-18-23-31(24-19-29)34-28-36(41)39-38(34)43/h9,11-12,15-16,18-28H,1-8,10,13-14,17H2,(H,39,41,43). The number of hydrogen-bond donors (Lipinski definition) is 1. The predicted octanol–water partition coefficient (Wildman–Crippen LogP) is 8.06. The largest absolute Gasteiger partial charge is 0.427 e. The molecule has 3 aromatic rings. The van der Waals surface area contributed by atoms with Crippen LogP contribution in [0.2, 0.25) is 0 Å². The van der Waals surface area contributed by atoms with E-state index in [9.17, 15) is 19.2 Å². The summed E-state index contributed by atoms with van der Waals surface area (Å²) in [5.41, 5.74) is 3.99. The van der Waals surface area contributed by atoms with E-state index in [2.05, 4.69) is 5.32 Å². The number of benzene rings is 3. The van der Waals surface area contributed by atoms with E-state index in [1.165, 1.54) is 50.2 Å². The number of aryl methyl sites for hydroxylation is 1. The molecule has 6 heteroatoms. The Morgan fingerprint density at radius 2 is 1.30 bits per heavy atom. The van der Waals surface area contributed by atoms with Gasteiger partial charge in [-0.3, -0.25) is 24.5 Å². The Morgan fingerprint density at radius 1 is 0.682 bits per heavy atom. The Hall–Kier alpha value is -4.58. The molecule has 228 valence electrons. The monoisotopic (exact) mass is 591 g/mol. The molecule has 4 rings (SSSR count). The van der Waals surface area contributed by atoms with Crippen molar-refractivity contribution in [3.05, 3.63) is 113 Å². The molecule has 0 bridgehead atoms. The number of carbonyl (C=O) groups is 4. The molecule has 0 saturated heterocycles. The van der Waals surface area contributed by atoms with Crippen LogP contribution in [0.1, 0.15) is 97.7 Å². The lowest BCUT2D eigenvalue weighted by molar-refractivity contribution is -0.134. The Balaban J connectivity index is 0.971. The van der Waals surface area contributed by atoms with Gasteiger partial charge < -0.3 is 4.74 Å². The van der Waals surface area contributed by atoms with E-state index >= 15 is 0 Å². The van der Waals surface area contributed by atoms with E-state index in [-0.39, 0.29) is 23.6 Å². The van der Waals surface area contributed by atoms with E-state index in [4.69, 9.17) is 4.74 Å². The number of hydrogen-bond acceptors (Lipinski definition) is 5. The van der Waals surface area contributed by atoms with Crippen molar-refractivity contribution in [2.24, 2.45) is 0 Å². The van der Waals surface area contributed by atoms with E-state index in [0.717, 1.165) is 43.2 Å². The van der Waals surface area contributed by atoms with Crippen LogP contribution in [0.5, 0.6) is 5.75 Å². The first kappa shape index (κ1) is 32.3. The number of amides is 2. The summed E-state index contributed by atoms with van der Waals surface area (Å²) in [5.74, 6) is -0.419. The SMILES string of the molecule is O=C1C=C(c2ccc(CCCCCCCCCCCCC(=O)Oc3ccc(C=CC(=O)c4ccccc4)cc3)cc2)C(=O)N1. The highest BCUT2D eigenvalue weighted by Gasteiger charge is 2.21. The summed E-state index contributed by atoms with van der Waals surface area (Å²) >= 11 is 0. The van der Waals surface area contributed by atoms with Crippen LogP contribution in [0, 0.1) is 0 Å². The fraction of sp³-hybridized carbons (Fsp3) is 0.316. The third-order valence-corrected chi connectivity index (χ3v) is 7.72. The van der Waals surface area contributed by atoms with Gasteiger partial charge in [0.25, 0.3) is 11.8 Å². The molecule has 1 aliphatic rings. The lowest BCUT2D eigenvalue weighted by atomic mass is 10.0. The highest BCUT2D eigenvalue weighted by molar-refractivity contribution is 6.33. The maximum Gasteiger partial charge on any atom is 0.311 e. The fourth-order valence-electron chi connectivity index (χ4n) is 5.19. The van der Waals surface area contributed by atoms with Crippen LogP contribution >= 0.6 is 0 Å². The van der Waals surface area contributed by atoms with Crippen LogP contribution in [0.4, 0.5) is 0 Å². The minimum absolute atomic E-state index is 0.0506. The van der Waals surface area contributed by atoms with Crippen molar-refractivity contribution in [2.45, 2.75) is 77.0 Å². The van der Waals surface area contributed by atoms with Crippen LogP contribution in [-0.4, -0.2) is 23.6 Å². The topological polar surface area (TPSA) is 89.5 Å². The van der Waals surface area contributed by atoms with Gasteiger partial charge in [0.05, 0.1) is 5.57 Å². The molecule has 0 fully saturated rings. The second-order valence-corrected chi connectivity index (χ2v) is 11.2. The Morgan fingerprint density at radius 3 is 1.91 bits per heavy atom. The average molecular weight is 592 g/mol. The molecule has 0 unspecified atom stereocenters. The zero-order valence-electron chi connectivity index (χ0n) is 25.3. The molecule has 1 N–H and O–H groups in total. The van der Waals surface area contributed by atoms with E-state index < -0.39 is 0 Å². The molecule has 0 spiro atoms. The zero-order valence-corrected chi connectivity index (χ0v) is 25.3. The van der Waals surface area contributed by atoms with Gasteiger partial charge in [-0.1, -0.05) is 124 Å². The van der Waals surface area contributed by atoms with Gasteiger partial charge in [-0.15, -0.1) is 0 Å². The van der Waals surface area contributed by atoms with Crippen LogP contribution in [0.25, 0.3) is 11.6 Å². The average Bonchev–Trinajstić information content (AvgIpc) is 3.39. The molecular weight excluding hydrogens is 550 g/mol. The molecule has 0 saturated carbocycles. The van der Waals surface area contributed by atoms with Gasteiger partial charge in [0, 0.05) is 18.1 Å². The lowest BCUT2D eigenvalue weighted by Gasteiger charge is -2.06. The molecule has 0 aromatic heterocycles. The second-order valence-electron chi connectivity index (χ2n) is 11.2. The molecular formula is C38H41NO5. The molecule has 0 aliphatic carbocycles. The number of carbonyl (C=O) groups excluding carboxylic acids is 4. The van der Waals surface area contributed by atoms with Gasteiger partial charge in [0.2, 0.25) is 0 Å². The molecule has 3 aromatic carbocycles. The van der Waals surface area contributed by atoms with Crippen LogP contribution in [-0.2, 0) is 20.8 Å². The number of ketones is 1. The number of rotatable bonds is 18. The van der Waals surface area contributed by atoms with E-state index in [1.54, 1.807) is 36.4 Å². The summed E-state index contributed by atoms with van der Waals surface area (Å²) in [7, 11) is 0. The number of nitrogens with one attached hydrogen (secondary N) is 1. The maximum atomic E-state index is 12.2. The molecule has 2 amide bonds. The highest BCUT2D eigenvalue weighted by atomic mass is 16.5. The summed E-state index contributed by atoms with van der Waals surface area (Å²) in [4.78, 5) is 47.5. The van der Waals surface area contributed by atoms with E-state index in [1.807, 2.05) is 54.6 Å². The quantitative estimate of drug-likeness (QED) is 0.0404. The Bertz CT molecular complexity index is 1450. The summed E-state index contributed by atoms with van der Waals surface area (Å²) < 4.78 is 5.46. The number of ether oxygens (including phenoxy) is 1. The van der Waals surface area contributed by atoms with Crippen molar-refractivity contribution in [1.82, 2.24) is 5.32 Å². The van der Waals surface area contributed by atoms with Crippen molar-refractivity contribution in [3.8, 4) is 5.75 Å². The number of esters is 1. The maximum absolute atomic E-state index is 12.2. The van der Waals surface area contributed by atoms with Gasteiger partial charge in [-0.05, 0) is 54.2 Å². The molecule has 0 atom stereocenters. The van der Waals surface area contributed by atoms with Gasteiger partial charge >= 0.3 is 5.97 Å². The van der Waals surface area contributed by atoms with Crippen molar-refractivity contribution in [3.63, 3.8) is 0 Å². The Labute approximate surface area is 260 Å². The van der Waals surface area contributed by atoms with Crippen LogP contribution < -0.4 is 10.1 Å². The molecule has 44 heavy (non-hydrogen) atoms. The highest BCUT2D eigenvalue weighted by Crippen LogP contribution is 2.20. The first-order valence-electron chi connectivity index (χ1n) is 15.7. The summed E-state index contributed by atoms with van der Waals surface area (Å²) in [6.07, 6.45) is 17.6. The summed E-state index contributed by atoms with van der Waals surface area (Å²) in [6, 6.07) is 24.2. The summed E-state index contributed by atoms with van der Waals surface area (Å²) in [5, 5.41) is 2.28. The molecule has 1 heterocycles. The molecule has 0 radical (unpaired) electrons. The summed E-state index contributed by atoms with van der Waals surface area (Å²) in [6.45, 7) is 0. The number of unbranched alkanes of at least 4 members (excludes halogenated alkanes) is 9. The first-order chi connectivity index (χ1) is 21.5. The van der Waals surface area contributed by atoms with Crippen molar-refractivity contribution in [1.29, 1.82) is 0 Å². The van der Waals surface area contributed by atoms with E-state index in [0.29, 0.717) is 23.3 Å². The Kier molecular flexibility index (Phi) is 12.9. The third kappa shape index (κ3) is 10.9. The second kappa shape index (κ2) is 17.5. The fourth-order valence-corrected chi connectivity index (χ4v) is 5.19. The van der Waals surface area contributed by atoms with Crippen molar-refractivity contribution in [2.75, 3.05) is 0 Å². The minimum Gasteiger partial charge on any atom is -0.427 e. The van der Waals surface area contributed by atoms with Gasteiger partial charge in [-0.25, -0.2) is 0 Å².